The third kappa shape index (κ3) is 3.00. The Hall–Kier alpha value is -2.04. The number of amides is 3. The normalized spacial score (nSPS) is 15.7. The van der Waals surface area contributed by atoms with Crippen LogP contribution in [0.1, 0.15) is 5.56 Å². The lowest BCUT2D eigenvalue weighted by Gasteiger charge is -2.31. The minimum absolute atomic E-state index is 0.0175. The van der Waals surface area contributed by atoms with Crippen LogP contribution in [0.4, 0.5) is 4.79 Å². The van der Waals surface area contributed by atoms with Gasteiger partial charge in [0.05, 0.1) is 0 Å². The van der Waals surface area contributed by atoms with Gasteiger partial charge in [-0.1, -0.05) is 30.3 Å². The molecule has 1 heterocycles. The summed E-state index contributed by atoms with van der Waals surface area (Å²) >= 11 is 0. The fraction of sp³-hybridized carbons (Fsp3) is 0.385. The van der Waals surface area contributed by atoms with Gasteiger partial charge in [-0.3, -0.25) is 4.79 Å². The molecule has 1 fully saturated rings. The van der Waals surface area contributed by atoms with E-state index in [9.17, 15) is 9.59 Å². The minimum atomic E-state index is -0.180. The molecule has 3 amide bonds. The monoisotopic (exact) mass is 247 g/mol. The molecule has 1 aromatic carbocycles. The summed E-state index contributed by atoms with van der Waals surface area (Å²) in [5.41, 5.74) is 1.05. The van der Waals surface area contributed by atoms with Crippen molar-refractivity contribution in [3.05, 3.63) is 35.9 Å². The maximum atomic E-state index is 11.9. The van der Waals surface area contributed by atoms with Crippen LogP contribution < -0.4 is 5.32 Å². The van der Waals surface area contributed by atoms with E-state index < -0.39 is 0 Å². The summed E-state index contributed by atoms with van der Waals surface area (Å²) in [5, 5.41) is 2.82. The molecule has 0 aromatic heterocycles. The molecule has 1 aromatic rings. The predicted molar refractivity (Wildman–Crippen MR) is 67.9 cm³/mol. The van der Waals surface area contributed by atoms with Gasteiger partial charge in [-0.2, -0.15) is 0 Å². The van der Waals surface area contributed by atoms with Gasteiger partial charge in [0.15, 0.2) is 0 Å². The van der Waals surface area contributed by atoms with Crippen molar-refractivity contribution in [2.45, 2.75) is 6.54 Å². The van der Waals surface area contributed by atoms with Crippen molar-refractivity contribution in [1.29, 1.82) is 0 Å². The van der Waals surface area contributed by atoms with Crippen molar-refractivity contribution in [3.63, 3.8) is 0 Å². The van der Waals surface area contributed by atoms with E-state index in [1.807, 2.05) is 30.3 Å². The molecule has 96 valence electrons. The lowest BCUT2D eigenvalue weighted by atomic mass is 10.2. The van der Waals surface area contributed by atoms with Crippen LogP contribution in [0.25, 0.3) is 0 Å². The number of benzene rings is 1. The lowest BCUT2D eigenvalue weighted by molar-refractivity contribution is -0.133. The second-order valence-electron chi connectivity index (χ2n) is 4.38. The first-order valence-corrected chi connectivity index (χ1v) is 5.97. The Balaban J connectivity index is 1.83. The van der Waals surface area contributed by atoms with E-state index in [4.69, 9.17) is 0 Å². The van der Waals surface area contributed by atoms with E-state index in [0.717, 1.165) is 5.56 Å². The zero-order valence-corrected chi connectivity index (χ0v) is 10.4. The van der Waals surface area contributed by atoms with Crippen LogP contribution in [0.2, 0.25) is 0 Å². The standard InChI is InChI=1S/C13H17N3O2/c1-15-7-8-16(10-12(15)17)13(18)14-9-11-5-3-2-4-6-11/h2-6H,7-10H2,1H3,(H,14,18). The molecule has 2 rings (SSSR count). The molecule has 1 N–H and O–H groups in total. The largest absolute Gasteiger partial charge is 0.342 e. The number of rotatable bonds is 2. The highest BCUT2D eigenvalue weighted by Crippen LogP contribution is 2.02. The van der Waals surface area contributed by atoms with Crippen LogP contribution in [-0.2, 0) is 11.3 Å². The molecule has 5 heteroatoms. The van der Waals surface area contributed by atoms with E-state index in [1.54, 1.807) is 16.8 Å². The first-order valence-electron chi connectivity index (χ1n) is 5.97. The van der Waals surface area contributed by atoms with E-state index in [2.05, 4.69) is 5.32 Å². The molecule has 0 bridgehead atoms. The Morgan fingerprint density at radius 2 is 2.00 bits per heavy atom. The van der Waals surface area contributed by atoms with Gasteiger partial charge in [0, 0.05) is 26.7 Å². The third-order valence-corrected chi connectivity index (χ3v) is 3.03. The Bertz CT molecular complexity index is 433. The SMILES string of the molecule is CN1CCN(C(=O)NCc2ccccc2)CC1=O. The minimum Gasteiger partial charge on any atom is -0.342 e. The summed E-state index contributed by atoms with van der Waals surface area (Å²) in [4.78, 5) is 26.5. The smallest absolute Gasteiger partial charge is 0.318 e. The molecule has 1 aliphatic heterocycles. The quantitative estimate of drug-likeness (QED) is 0.835. The summed E-state index contributed by atoms with van der Waals surface area (Å²) in [5.74, 6) is -0.0175. The molecule has 0 atom stereocenters. The Labute approximate surface area is 106 Å². The van der Waals surface area contributed by atoms with Crippen LogP contribution in [0.5, 0.6) is 0 Å². The van der Waals surface area contributed by atoms with Crippen molar-refractivity contribution in [1.82, 2.24) is 15.1 Å². The topological polar surface area (TPSA) is 52.6 Å². The van der Waals surface area contributed by atoms with Crippen molar-refractivity contribution in [2.75, 3.05) is 26.7 Å². The summed E-state index contributed by atoms with van der Waals surface area (Å²) in [7, 11) is 1.75. The summed E-state index contributed by atoms with van der Waals surface area (Å²) in [6.45, 7) is 1.83. The maximum absolute atomic E-state index is 11.9. The van der Waals surface area contributed by atoms with Crippen molar-refractivity contribution >= 4 is 11.9 Å². The third-order valence-electron chi connectivity index (χ3n) is 3.03. The number of urea groups is 1. The first-order chi connectivity index (χ1) is 8.66. The van der Waals surface area contributed by atoms with Gasteiger partial charge in [-0.15, -0.1) is 0 Å². The molecular formula is C13H17N3O2. The number of piperazine rings is 1. The molecule has 5 nitrogen and oxygen atoms in total. The number of nitrogens with zero attached hydrogens (tertiary/aromatic N) is 2. The van der Waals surface area contributed by atoms with Crippen LogP contribution in [0, 0.1) is 0 Å². The van der Waals surface area contributed by atoms with Crippen molar-refractivity contribution in [2.24, 2.45) is 0 Å². The zero-order chi connectivity index (χ0) is 13.0. The number of likely N-dealkylation sites (N-methyl/N-ethyl adjacent to an activating group) is 1. The molecular weight excluding hydrogens is 230 g/mol. The molecule has 1 saturated heterocycles. The van der Waals surface area contributed by atoms with Gasteiger partial charge in [-0.05, 0) is 5.56 Å². The van der Waals surface area contributed by atoms with Gasteiger partial charge in [0.1, 0.15) is 6.54 Å². The van der Waals surface area contributed by atoms with E-state index in [-0.39, 0.29) is 18.5 Å². The highest BCUT2D eigenvalue weighted by Gasteiger charge is 2.24. The Kier molecular flexibility index (Phi) is 3.82. The van der Waals surface area contributed by atoms with Gasteiger partial charge < -0.3 is 15.1 Å². The van der Waals surface area contributed by atoms with E-state index in [0.29, 0.717) is 19.6 Å². The Morgan fingerprint density at radius 3 is 2.67 bits per heavy atom. The molecule has 0 saturated carbocycles. The highest BCUT2D eigenvalue weighted by atomic mass is 16.2. The summed E-state index contributed by atoms with van der Waals surface area (Å²) in [6, 6.07) is 9.53. The molecule has 0 spiro atoms. The van der Waals surface area contributed by atoms with Crippen LogP contribution >= 0.6 is 0 Å². The maximum Gasteiger partial charge on any atom is 0.318 e. The molecule has 1 aliphatic rings. The molecule has 18 heavy (non-hydrogen) atoms. The van der Waals surface area contributed by atoms with Crippen LogP contribution in [0.15, 0.2) is 30.3 Å². The van der Waals surface area contributed by atoms with Crippen molar-refractivity contribution in [3.8, 4) is 0 Å². The van der Waals surface area contributed by atoms with Gasteiger partial charge in [-0.25, -0.2) is 4.79 Å². The first kappa shape index (κ1) is 12.4. The fourth-order valence-corrected chi connectivity index (χ4v) is 1.82. The van der Waals surface area contributed by atoms with Gasteiger partial charge >= 0.3 is 6.03 Å². The lowest BCUT2D eigenvalue weighted by Crippen LogP contribution is -2.53. The molecule has 0 radical (unpaired) electrons. The molecule has 0 aliphatic carbocycles. The van der Waals surface area contributed by atoms with Gasteiger partial charge in [0.2, 0.25) is 5.91 Å². The Morgan fingerprint density at radius 1 is 1.28 bits per heavy atom. The van der Waals surface area contributed by atoms with Crippen LogP contribution in [0.3, 0.4) is 0 Å². The fourth-order valence-electron chi connectivity index (χ4n) is 1.82. The number of hydrogen-bond acceptors (Lipinski definition) is 2. The second kappa shape index (κ2) is 5.53. The van der Waals surface area contributed by atoms with Crippen molar-refractivity contribution < 1.29 is 9.59 Å². The number of carbonyl (C=O) groups excluding carboxylic acids is 2. The second-order valence-corrected chi connectivity index (χ2v) is 4.38. The predicted octanol–water partition coefficient (Wildman–Crippen LogP) is 0.670. The van der Waals surface area contributed by atoms with E-state index in [1.165, 1.54) is 0 Å². The molecule has 0 unspecified atom stereocenters. The summed E-state index contributed by atoms with van der Waals surface area (Å²) < 4.78 is 0. The average molecular weight is 247 g/mol. The number of hydrogen-bond donors (Lipinski definition) is 1. The number of carbonyl (C=O) groups is 2. The zero-order valence-electron chi connectivity index (χ0n) is 10.4. The van der Waals surface area contributed by atoms with Crippen LogP contribution in [-0.4, -0.2) is 48.4 Å². The average Bonchev–Trinajstić information content (AvgIpc) is 2.40. The number of nitrogens with one attached hydrogen (secondary N) is 1. The summed E-state index contributed by atoms with van der Waals surface area (Å²) in [6.07, 6.45) is 0. The van der Waals surface area contributed by atoms with E-state index >= 15 is 0 Å². The highest BCUT2D eigenvalue weighted by molar-refractivity contribution is 5.85. The van der Waals surface area contributed by atoms with Gasteiger partial charge in [0.25, 0.3) is 0 Å².